The average Bonchev–Trinajstić information content (AvgIpc) is 2.72. The zero-order chi connectivity index (χ0) is 22.4. The van der Waals surface area contributed by atoms with Gasteiger partial charge in [-0.1, -0.05) is 19.9 Å². The van der Waals surface area contributed by atoms with Crippen LogP contribution in [0.3, 0.4) is 0 Å². The smallest absolute Gasteiger partial charge is 0.353 e. The second-order valence-corrected chi connectivity index (χ2v) is 7.16. The number of hydrogen-bond donors (Lipinski definition) is 2. The molecule has 0 radical (unpaired) electrons. The van der Waals surface area contributed by atoms with Crippen LogP contribution >= 0.6 is 0 Å². The van der Waals surface area contributed by atoms with E-state index in [1.54, 1.807) is 36.4 Å². The Kier molecular flexibility index (Phi) is 6.71. The van der Waals surface area contributed by atoms with Crippen molar-refractivity contribution in [2.24, 2.45) is 5.92 Å². The molecule has 0 bridgehead atoms. The Morgan fingerprint density at radius 3 is 2.39 bits per heavy atom. The first kappa shape index (κ1) is 21.6. The summed E-state index contributed by atoms with van der Waals surface area (Å²) in [5.74, 6) is 0.253. The van der Waals surface area contributed by atoms with Crippen molar-refractivity contribution in [1.29, 1.82) is 0 Å². The number of rotatable bonds is 8. The van der Waals surface area contributed by atoms with E-state index in [4.69, 9.17) is 4.74 Å². The highest BCUT2D eigenvalue weighted by molar-refractivity contribution is 5.90. The summed E-state index contributed by atoms with van der Waals surface area (Å²) >= 11 is 0. The van der Waals surface area contributed by atoms with Gasteiger partial charge in [-0.3, -0.25) is 10.1 Å². The monoisotopic (exact) mass is 422 g/mol. The lowest BCUT2D eigenvalue weighted by molar-refractivity contribution is -0.383. The van der Waals surface area contributed by atoms with E-state index >= 15 is 0 Å². The molecule has 0 fully saturated rings. The van der Waals surface area contributed by atoms with Crippen molar-refractivity contribution in [1.82, 2.24) is 15.0 Å². The first-order valence-electron chi connectivity index (χ1n) is 9.57. The van der Waals surface area contributed by atoms with E-state index in [0.717, 1.165) is 5.69 Å². The molecular weight excluding hydrogens is 400 g/mol. The van der Waals surface area contributed by atoms with Gasteiger partial charge in [-0.25, -0.2) is 19.7 Å². The van der Waals surface area contributed by atoms with Gasteiger partial charge >= 0.3 is 11.7 Å². The molecule has 2 heterocycles. The number of hydrogen-bond acceptors (Lipinski definition) is 9. The minimum absolute atomic E-state index is 0.00490. The Bertz CT molecular complexity index is 1090. The van der Waals surface area contributed by atoms with E-state index in [1.807, 2.05) is 26.8 Å². The fourth-order valence-electron chi connectivity index (χ4n) is 2.62. The van der Waals surface area contributed by atoms with Crippen LogP contribution in [0.4, 0.5) is 28.8 Å². The van der Waals surface area contributed by atoms with Crippen LogP contribution < -0.4 is 10.6 Å². The molecule has 10 heteroatoms. The number of esters is 1. The van der Waals surface area contributed by atoms with Crippen molar-refractivity contribution in [3.05, 3.63) is 70.2 Å². The summed E-state index contributed by atoms with van der Waals surface area (Å²) in [7, 11) is 0. The van der Waals surface area contributed by atoms with Crippen molar-refractivity contribution >= 4 is 34.8 Å². The molecule has 2 N–H and O–H groups in total. The van der Waals surface area contributed by atoms with E-state index in [9.17, 15) is 14.9 Å². The van der Waals surface area contributed by atoms with Crippen molar-refractivity contribution in [3.63, 3.8) is 0 Å². The molecule has 3 rings (SSSR count). The average molecular weight is 422 g/mol. The van der Waals surface area contributed by atoms with Crippen molar-refractivity contribution < 1.29 is 14.5 Å². The van der Waals surface area contributed by atoms with Crippen LogP contribution in [0.5, 0.6) is 0 Å². The highest BCUT2D eigenvalue weighted by atomic mass is 16.6. The second-order valence-electron chi connectivity index (χ2n) is 7.16. The molecule has 0 aliphatic carbocycles. The minimum atomic E-state index is -0.571. The summed E-state index contributed by atoms with van der Waals surface area (Å²) in [6.07, 6.45) is 1.21. The largest absolute Gasteiger partial charge is 0.462 e. The van der Waals surface area contributed by atoms with Gasteiger partial charge in [-0.15, -0.1) is 0 Å². The Balaban J connectivity index is 1.81. The van der Waals surface area contributed by atoms with Crippen LogP contribution in [0.2, 0.25) is 0 Å². The van der Waals surface area contributed by atoms with Gasteiger partial charge in [-0.05, 0) is 49.2 Å². The standard InChI is InChI=1S/C21H22N6O4/c1-13(2)11-31-21(28)15-7-9-16(10-8-15)25-19-18(27(29)30)20(23-12-22-19)26-17-6-4-5-14(3)24-17/h4-10,12-13H,11H2,1-3H3,(H2,22,23,24,25,26). The number of aryl methyl sites for hydroxylation is 1. The molecule has 2 aromatic heterocycles. The van der Waals surface area contributed by atoms with Gasteiger partial charge in [0.1, 0.15) is 12.1 Å². The van der Waals surface area contributed by atoms with Gasteiger partial charge in [0.15, 0.2) is 0 Å². The molecule has 10 nitrogen and oxygen atoms in total. The van der Waals surface area contributed by atoms with E-state index in [1.165, 1.54) is 6.33 Å². The van der Waals surface area contributed by atoms with Crippen LogP contribution in [0, 0.1) is 23.0 Å². The van der Waals surface area contributed by atoms with E-state index < -0.39 is 10.9 Å². The molecular formula is C21H22N6O4. The summed E-state index contributed by atoms with van der Waals surface area (Å²) in [4.78, 5) is 35.5. The molecule has 160 valence electrons. The summed E-state index contributed by atoms with van der Waals surface area (Å²) in [5, 5.41) is 17.5. The van der Waals surface area contributed by atoms with Crippen LogP contribution in [0.25, 0.3) is 0 Å². The lowest BCUT2D eigenvalue weighted by atomic mass is 10.2. The van der Waals surface area contributed by atoms with Gasteiger partial charge in [-0.2, -0.15) is 0 Å². The zero-order valence-electron chi connectivity index (χ0n) is 17.3. The number of nitrogens with zero attached hydrogens (tertiary/aromatic N) is 4. The highest BCUT2D eigenvalue weighted by Gasteiger charge is 2.23. The topological polar surface area (TPSA) is 132 Å². The van der Waals surface area contributed by atoms with Gasteiger partial charge in [0, 0.05) is 11.4 Å². The number of nitrogens with one attached hydrogen (secondary N) is 2. The normalized spacial score (nSPS) is 10.6. The highest BCUT2D eigenvalue weighted by Crippen LogP contribution is 2.32. The third kappa shape index (κ3) is 5.72. The summed E-state index contributed by atoms with van der Waals surface area (Å²) in [6, 6.07) is 11.7. The molecule has 0 amide bonds. The molecule has 0 aliphatic heterocycles. The molecule has 0 aliphatic rings. The van der Waals surface area contributed by atoms with Crippen LogP contribution in [-0.2, 0) is 4.74 Å². The molecule has 0 spiro atoms. The third-order valence-corrected chi connectivity index (χ3v) is 4.07. The number of aromatic nitrogens is 3. The lowest BCUT2D eigenvalue weighted by Crippen LogP contribution is -2.10. The lowest BCUT2D eigenvalue weighted by Gasteiger charge is -2.11. The molecule has 0 saturated carbocycles. The van der Waals surface area contributed by atoms with E-state index in [0.29, 0.717) is 23.7 Å². The van der Waals surface area contributed by atoms with Crippen molar-refractivity contribution in [2.45, 2.75) is 20.8 Å². The number of nitro groups is 1. The Morgan fingerprint density at radius 2 is 1.77 bits per heavy atom. The maximum absolute atomic E-state index is 12.0. The van der Waals surface area contributed by atoms with Crippen molar-refractivity contribution in [2.75, 3.05) is 17.2 Å². The SMILES string of the molecule is Cc1cccc(Nc2ncnc(Nc3ccc(C(=O)OCC(C)C)cc3)c2[N+](=O)[O-])n1. The fraction of sp³-hybridized carbons (Fsp3) is 0.238. The van der Waals surface area contributed by atoms with E-state index in [2.05, 4.69) is 25.6 Å². The fourth-order valence-corrected chi connectivity index (χ4v) is 2.62. The van der Waals surface area contributed by atoms with Gasteiger partial charge < -0.3 is 15.4 Å². The number of carbonyl (C=O) groups excluding carboxylic acids is 1. The number of benzene rings is 1. The van der Waals surface area contributed by atoms with E-state index in [-0.39, 0.29) is 23.2 Å². The molecule has 31 heavy (non-hydrogen) atoms. The summed E-state index contributed by atoms with van der Waals surface area (Å²) in [5.41, 5.74) is 1.33. The van der Waals surface area contributed by atoms with Crippen LogP contribution in [0.15, 0.2) is 48.8 Å². The third-order valence-electron chi connectivity index (χ3n) is 4.07. The molecule has 1 aromatic carbocycles. The number of anilines is 4. The second kappa shape index (κ2) is 9.61. The molecule has 0 saturated heterocycles. The number of ether oxygens (including phenoxy) is 1. The first-order valence-corrected chi connectivity index (χ1v) is 9.57. The van der Waals surface area contributed by atoms with Crippen molar-refractivity contribution in [3.8, 4) is 0 Å². The quantitative estimate of drug-likeness (QED) is 0.308. The Labute approximate surface area is 178 Å². The van der Waals surface area contributed by atoms with Gasteiger partial charge in [0.05, 0.1) is 17.1 Å². The predicted octanol–water partition coefficient (Wildman–Crippen LogP) is 4.39. The first-order chi connectivity index (χ1) is 14.8. The predicted molar refractivity (Wildman–Crippen MR) is 116 cm³/mol. The molecule has 3 aromatic rings. The van der Waals surface area contributed by atoms with Crippen LogP contribution in [-0.4, -0.2) is 32.5 Å². The van der Waals surface area contributed by atoms with Gasteiger partial charge in [0.2, 0.25) is 11.6 Å². The molecule has 0 atom stereocenters. The number of pyridine rings is 1. The van der Waals surface area contributed by atoms with Gasteiger partial charge in [0.25, 0.3) is 0 Å². The zero-order valence-corrected chi connectivity index (χ0v) is 17.3. The maximum atomic E-state index is 12.0. The minimum Gasteiger partial charge on any atom is -0.462 e. The summed E-state index contributed by atoms with van der Waals surface area (Å²) < 4.78 is 5.20. The summed E-state index contributed by atoms with van der Waals surface area (Å²) in [6.45, 7) is 6.05. The number of carbonyl (C=O) groups is 1. The Hall–Kier alpha value is -4.08. The molecule has 0 unspecified atom stereocenters. The van der Waals surface area contributed by atoms with Crippen LogP contribution in [0.1, 0.15) is 29.9 Å². The Morgan fingerprint density at radius 1 is 1.10 bits per heavy atom. The maximum Gasteiger partial charge on any atom is 0.353 e.